The normalized spacial score (nSPS) is 24.1. The molecule has 6 rings (SSSR count). The lowest BCUT2D eigenvalue weighted by atomic mass is 9.99. The number of hydrogen-bond acceptors (Lipinski definition) is 3. The third-order valence-corrected chi connectivity index (χ3v) is 8.32. The summed E-state index contributed by atoms with van der Waals surface area (Å²) in [7, 11) is 0. The molecule has 0 saturated carbocycles. The van der Waals surface area contributed by atoms with Gasteiger partial charge in [0.05, 0.1) is 23.5 Å². The van der Waals surface area contributed by atoms with Gasteiger partial charge in [-0.3, -0.25) is 4.90 Å². The van der Waals surface area contributed by atoms with E-state index in [0.29, 0.717) is 37.3 Å². The van der Waals surface area contributed by atoms with Gasteiger partial charge in [0.1, 0.15) is 0 Å². The molecule has 3 fully saturated rings. The van der Waals surface area contributed by atoms with Gasteiger partial charge in [0.15, 0.2) is 6.04 Å². The van der Waals surface area contributed by atoms with Crippen molar-refractivity contribution in [2.24, 2.45) is 0 Å². The number of amides is 4. The van der Waals surface area contributed by atoms with Crippen molar-refractivity contribution < 1.29 is 19.5 Å². The first kappa shape index (κ1) is 25.0. The summed E-state index contributed by atoms with van der Waals surface area (Å²) >= 11 is 0. The summed E-state index contributed by atoms with van der Waals surface area (Å²) in [5.41, 5.74) is 2.54. The summed E-state index contributed by atoms with van der Waals surface area (Å²) < 4.78 is 0. The van der Waals surface area contributed by atoms with Crippen molar-refractivity contribution in [2.45, 2.75) is 43.3 Å². The Morgan fingerprint density at radius 1 is 0.744 bits per heavy atom. The number of nitrogens with zero attached hydrogens (tertiary/aromatic N) is 4. The van der Waals surface area contributed by atoms with Crippen molar-refractivity contribution in [3.05, 3.63) is 96.6 Å². The average molecular weight is 525 g/mol. The molecule has 3 aromatic rings. The zero-order valence-corrected chi connectivity index (χ0v) is 21.7. The highest BCUT2D eigenvalue weighted by atomic mass is 16.4. The van der Waals surface area contributed by atoms with Gasteiger partial charge in [0.2, 0.25) is 0 Å². The van der Waals surface area contributed by atoms with Gasteiger partial charge in [-0.2, -0.15) is 0 Å². The Bertz CT molecular complexity index is 1300. The Kier molecular flexibility index (Phi) is 6.69. The topological polar surface area (TPSA) is 84.4 Å². The number of aliphatic carboxylic acids is 1. The minimum Gasteiger partial charge on any atom is -0.480 e. The molecule has 0 spiro atoms. The van der Waals surface area contributed by atoms with E-state index in [2.05, 4.69) is 12.1 Å². The molecule has 3 aromatic carbocycles. The van der Waals surface area contributed by atoms with E-state index < -0.39 is 24.1 Å². The summed E-state index contributed by atoms with van der Waals surface area (Å²) in [6, 6.07) is 26.3. The van der Waals surface area contributed by atoms with E-state index in [1.165, 1.54) is 10.5 Å². The van der Waals surface area contributed by atoms with E-state index in [-0.39, 0.29) is 24.5 Å². The number of carbonyl (C=O) groups excluding carboxylic acids is 2. The number of benzene rings is 3. The Hall–Kier alpha value is -4.33. The fraction of sp³-hybridized carbons (Fsp3) is 0.323. The van der Waals surface area contributed by atoms with Gasteiger partial charge in [0.25, 0.3) is 0 Å². The molecule has 0 radical (unpaired) electrons. The number of urea groups is 2. The molecule has 2 bridgehead atoms. The number of carboxylic acid groups (broad SMARTS) is 1. The molecule has 3 heterocycles. The summed E-state index contributed by atoms with van der Waals surface area (Å²) in [6.07, 6.45) is 2.12. The van der Waals surface area contributed by atoms with Crippen molar-refractivity contribution in [3.8, 4) is 0 Å². The predicted molar refractivity (Wildman–Crippen MR) is 148 cm³/mol. The molecule has 3 aliphatic rings. The second-order valence-electron chi connectivity index (χ2n) is 10.6. The lowest BCUT2D eigenvalue weighted by Gasteiger charge is -2.47. The first-order chi connectivity index (χ1) is 19.0. The van der Waals surface area contributed by atoms with Crippen LogP contribution in [0.1, 0.15) is 30.7 Å². The van der Waals surface area contributed by atoms with Crippen LogP contribution in [-0.2, 0) is 4.79 Å². The molecule has 4 atom stereocenters. The molecule has 3 aliphatic heterocycles. The highest BCUT2D eigenvalue weighted by Gasteiger charge is 2.54. The number of piperazine rings is 1. The van der Waals surface area contributed by atoms with Gasteiger partial charge < -0.3 is 19.8 Å². The SMILES string of the molecule is O=C(O)[C@@H]1[C@H]2CC[C@@H](CN1C(=O)N(c1ccccc1)c1ccccc1)N2C(=O)N1CCC(c2ccccc2)C1. The van der Waals surface area contributed by atoms with Crippen LogP contribution in [0.2, 0.25) is 0 Å². The number of rotatable bonds is 4. The Balaban J connectivity index is 1.26. The third kappa shape index (κ3) is 4.60. The minimum absolute atomic E-state index is 0.109. The number of para-hydroxylation sites is 2. The molecule has 200 valence electrons. The lowest BCUT2D eigenvalue weighted by Crippen LogP contribution is -2.67. The third-order valence-electron chi connectivity index (χ3n) is 8.32. The van der Waals surface area contributed by atoms with Crippen LogP contribution in [0.5, 0.6) is 0 Å². The predicted octanol–water partition coefficient (Wildman–Crippen LogP) is 5.16. The second-order valence-corrected chi connectivity index (χ2v) is 10.6. The molecule has 4 amide bonds. The van der Waals surface area contributed by atoms with Gasteiger partial charge >= 0.3 is 18.0 Å². The summed E-state index contributed by atoms with van der Waals surface area (Å²) in [4.78, 5) is 47.3. The second kappa shape index (κ2) is 10.4. The zero-order chi connectivity index (χ0) is 26.9. The molecule has 8 heteroatoms. The number of likely N-dealkylation sites (tertiary alicyclic amines) is 2. The molecule has 0 aliphatic carbocycles. The smallest absolute Gasteiger partial charge is 0.329 e. The van der Waals surface area contributed by atoms with Crippen LogP contribution < -0.4 is 4.90 Å². The Morgan fingerprint density at radius 3 is 1.92 bits per heavy atom. The van der Waals surface area contributed by atoms with E-state index in [4.69, 9.17) is 0 Å². The van der Waals surface area contributed by atoms with Crippen LogP contribution in [0.25, 0.3) is 0 Å². The first-order valence-corrected chi connectivity index (χ1v) is 13.6. The number of carbonyl (C=O) groups is 3. The highest BCUT2D eigenvalue weighted by Crippen LogP contribution is 2.39. The fourth-order valence-corrected chi connectivity index (χ4v) is 6.49. The van der Waals surface area contributed by atoms with E-state index in [1.54, 1.807) is 9.80 Å². The van der Waals surface area contributed by atoms with Crippen molar-refractivity contribution in [1.29, 1.82) is 0 Å². The average Bonchev–Trinajstić information content (AvgIpc) is 3.58. The summed E-state index contributed by atoms with van der Waals surface area (Å²) in [5, 5.41) is 10.4. The van der Waals surface area contributed by atoms with E-state index >= 15 is 0 Å². The van der Waals surface area contributed by atoms with Crippen LogP contribution in [-0.4, -0.2) is 75.6 Å². The molecular formula is C31H32N4O4. The van der Waals surface area contributed by atoms with Crippen LogP contribution in [0.3, 0.4) is 0 Å². The van der Waals surface area contributed by atoms with Crippen LogP contribution in [0, 0.1) is 0 Å². The molecule has 8 nitrogen and oxygen atoms in total. The summed E-state index contributed by atoms with van der Waals surface area (Å²) in [6.45, 7) is 1.45. The maximum Gasteiger partial charge on any atom is 0.329 e. The highest BCUT2D eigenvalue weighted by molar-refractivity contribution is 6.01. The van der Waals surface area contributed by atoms with Gasteiger partial charge in [-0.15, -0.1) is 0 Å². The van der Waals surface area contributed by atoms with Gasteiger partial charge in [-0.25, -0.2) is 14.4 Å². The molecule has 3 saturated heterocycles. The standard InChI is InChI=1S/C31H32N4O4/c36-29(37)28-27-17-16-26(35(27)30(38)32-19-18-23(20-32)22-10-4-1-5-11-22)21-33(28)31(39)34(24-12-6-2-7-13-24)25-14-8-3-9-15-25/h1-15,23,26-28H,16-21H2,(H,36,37)/t23?,26-,27+,28-/m0/s1. The molecule has 0 aromatic heterocycles. The largest absolute Gasteiger partial charge is 0.480 e. The quantitative estimate of drug-likeness (QED) is 0.511. The number of fused-ring (bicyclic) bond motifs is 2. The maximum absolute atomic E-state index is 14.1. The molecule has 1 N–H and O–H groups in total. The zero-order valence-electron chi connectivity index (χ0n) is 21.7. The van der Waals surface area contributed by atoms with Crippen molar-refractivity contribution >= 4 is 29.4 Å². The number of hydrogen-bond donors (Lipinski definition) is 1. The van der Waals surface area contributed by atoms with Crippen molar-refractivity contribution in [3.63, 3.8) is 0 Å². The van der Waals surface area contributed by atoms with Gasteiger partial charge in [-0.05, 0) is 49.1 Å². The van der Waals surface area contributed by atoms with Crippen LogP contribution >= 0.6 is 0 Å². The monoisotopic (exact) mass is 524 g/mol. The summed E-state index contributed by atoms with van der Waals surface area (Å²) in [5.74, 6) is -0.813. The van der Waals surface area contributed by atoms with E-state index in [9.17, 15) is 19.5 Å². The fourth-order valence-electron chi connectivity index (χ4n) is 6.49. The van der Waals surface area contributed by atoms with Crippen molar-refractivity contribution in [2.75, 3.05) is 24.5 Å². The first-order valence-electron chi connectivity index (χ1n) is 13.6. The van der Waals surface area contributed by atoms with Crippen LogP contribution in [0.4, 0.5) is 21.0 Å². The molecular weight excluding hydrogens is 492 g/mol. The molecule has 39 heavy (non-hydrogen) atoms. The Labute approximate surface area is 228 Å². The minimum atomic E-state index is -1.12. The number of carboxylic acids is 1. The van der Waals surface area contributed by atoms with Gasteiger partial charge in [0, 0.05) is 25.6 Å². The van der Waals surface area contributed by atoms with Crippen molar-refractivity contribution in [1.82, 2.24) is 14.7 Å². The van der Waals surface area contributed by atoms with Crippen LogP contribution in [0.15, 0.2) is 91.0 Å². The number of anilines is 2. The molecule has 1 unspecified atom stereocenters. The lowest BCUT2D eigenvalue weighted by molar-refractivity contribution is -0.145. The Morgan fingerprint density at radius 2 is 1.33 bits per heavy atom. The maximum atomic E-state index is 14.1. The van der Waals surface area contributed by atoms with E-state index in [0.717, 1.165) is 6.42 Å². The van der Waals surface area contributed by atoms with Gasteiger partial charge in [-0.1, -0.05) is 66.7 Å². The van der Waals surface area contributed by atoms with E-state index in [1.807, 2.05) is 83.8 Å².